The molecule has 1 aliphatic heterocycles. The lowest BCUT2D eigenvalue weighted by atomic mass is 9.93. The van der Waals surface area contributed by atoms with Crippen LogP contribution >= 0.6 is 7.92 Å². The fourth-order valence-electron chi connectivity index (χ4n) is 7.10. The summed E-state index contributed by atoms with van der Waals surface area (Å²) in [6.07, 6.45) is 1.35. The molecule has 10 heteroatoms. The Labute approximate surface area is 346 Å². The van der Waals surface area contributed by atoms with Crippen molar-refractivity contribution in [2.45, 2.75) is 12.8 Å². The molecule has 0 saturated heterocycles. The van der Waals surface area contributed by atoms with Crippen LogP contribution in [0.1, 0.15) is 43.9 Å². The maximum absolute atomic E-state index is 13.4. The molecule has 59 heavy (non-hydrogen) atoms. The number of esters is 1. The van der Waals surface area contributed by atoms with Gasteiger partial charge in [-0.2, -0.15) is 0 Å². The van der Waals surface area contributed by atoms with Gasteiger partial charge in [0.05, 0.1) is 18.7 Å². The van der Waals surface area contributed by atoms with Crippen LogP contribution < -0.4 is 41.4 Å². The summed E-state index contributed by atoms with van der Waals surface area (Å²) < 4.78 is 13.7. The number of ether oxygens (including phenoxy) is 1. The Hall–Kier alpha value is -6.57. The van der Waals surface area contributed by atoms with Crippen molar-refractivity contribution >= 4 is 58.3 Å². The van der Waals surface area contributed by atoms with Crippen molar-refractivity contribution in [3.05, 3.63) is 162 Å². The van der Waals surface area contributed by atoms with Crippen molar-refractivity contribution in [3.63, 3.8) is 0 Å². The first-order valence-electron chi connectivity index (χ1n) is 19.6. The second kappa shape index (κ2) is 18.3. The van der Waals surface area contributed by atoms with Gasteiger partial charge in [0.2, 0.25) is 5.36 Å². The summed E-state index contributed by atoms with van der Waals surface area (Å²) in [6.45, 7) is 0.895. The second-order valence-corrected chi connectivity index (χ2v) is 16.8. The summed E-state index contributed by atoms with van der Waals surface area (Å²) in [5.41, 5.74) is 6.33. The largest absolute Gasteiger partial charge is 0.465 e. The molecule has 0 saturated carbocycles. The van der Waals surface area contributed by atoms with Crippen LogP contribution in [-0.4, -0.2) is 66.2 Å². The summed E-state index contributed by atoms with van der Waals surface area (Å²) in [7, 11) is 8.25. The van der Waals surface area contributed by atoms with Crippen molar-refractivity contribution in [3.8, 4) is 22.5 Å². The standard InChI is InChI=1S/C49H47N4O5P/c1-52(2)36-23-26-40-43(31-36)58-44-32-37(53(3)4)24-27-41(44)46(40)33-18-20-34(21-19-33)47(54)50-28-12-13-29-51-48(55)35-22-25-42(49(56)57-5)45(30-35)59(38-14-8-6-9-15-38)39-16-10-7-11-17-39/h6-11,14-27,30-32H,12-13,28-29H2,1-5H3,(H-,50,51,54,55)/p+1. The third kappa shape index (κ3) is 9.11. The molecule has 9 nitrogen and oxygen atoms in total. The van der Waals surface area contributed by atoms with E-state index in [1.54, 1.807) is 12.1 Å². The average Bonchev–Trinajstić information content (AvgIpc) is 3.26. The molecular formula is C49H48N4O5P+. The van der Waals surface area contributed by atoms with Gasteiger partial charge in [-0.1, -0.05) is 72.8 Å². The number of fused-ring (bicyclic) bond motifs is 2. The van der Waals surface area contributed by atoms with Crippen molar-refractivity contribution in [2.24, 2.45) is 0 Å². The first kappa shape index (κ1) is 40.6. The first-order chi connectivity index (χ1) is 28.6. The zero-order chi connectivity index (χ0) is 41.5. The van der Waals surface area contributed by atoms with Crippen molar-refractivity contribution in [2.75, 3.05) is 53.3 Å². The van der Waals surface area contributed by atoms with Crippen molar-refractivity contribution in [1.82, 2.24) is 15.2 Å². The molecule has 0 radical (unpaired) electrons. The van der Waals surface area contributed by atoms with Gasteiger partial charge < -0.3 is 24.7 Å². The highest BCUT2D eigenvalue weighted by Gasteiger charge is 2.25. The van der Waals surface area contributed by atoms with Crippen LogP contribution in [0.25, 0.3) is 33.4 Å². The topological polar surface area (TPSA) is 104 Å². The number of carbonyl (C=O) groups excluding carboxylic acids is 3. The highest BCUT2D eigenvalue weighted by atomic mass is 31.1. The van der Waals surface area contributed by atoms with E-state index in [1.165, 1.54) is 7.11 Å². The van der Waals surface area contributed by atoms with Crippen LogP contribution in [0.3, 0.4) is 0 Å². The van der Waals surface area contributed by atoms with Gasteiger partial charge in [0.15, 0.2) is 0 Å². The van der Waals surface area contributed by atoms with E-state index < -0.39 is 13.9 Å². The van der Waals surface area contributed by atoms with E-state index in [-0.39, 0.29) is 11.8 Å². The molecular weight excluding hydrogens is 756 g/mol. The fraction of sp³-hybridized carbons (Fsp3) is 0.184. The molecule has 0 unspecified atom stereocenters. The van der Waals surface area contributed by atoms with E-state index in [4.69, 9.17) is 9.15 Å². The number of hydrogen-bond donors (Lipinski definition) is 2. The minimum atomic E-state index is -1.16. The van der Waals surface area contributed by atoms with Gasteiger partial charge in [-0.25, -0.2) is 9.37 Å². The van der Waals surface area contributed by atoms with Crippen LogP contribution in [0.15, 0.2) is 144 Å². The van der Waals surface area contributed by atoms with Crippen molar-refractivity contribution in [1.29, 1.82) is 0 Å². The van der Waals surface area contributed by atoms with Crippen molar-refractivity contribution < 1.29 is 23.5 Å². The molecule has 0 bridgehead atoms. The molecule has 1 aliphatic carbocycles. The average molecular weight is 804 g/mol. The van der Waals surface area contributed by atoms with Crippen LogP contribution in [0, 0.1) is 0 Å². The SMILES string of the molecule is COC(=O)c1ccc(C(=O)NCCCCNC(=O)c2ccc(-c3c4ccc(=[N+](C)C)cc-4oc4cc(N(C)C)ccc34)cc2)cc1P(c1ccccc1)c1ccccc1. The van der Waals surface area contributed by atoms with E-state index in [1.807, 2.05) is 119 Å². The Morgan fingerprint density at radius 2 is 1.31 bits per heavy atom. The zero-order valence-corrected chi connectivity index (χ0v) is 34.9. The number of carbonyl (C=O) groups is 3. The lowest BCUT2D eigenvalue weighted by Crippen LogP contribution is -2.30. The smallest absolute Gasteiger partial charge is 0.338 e. The van der Waals surface area contributed by atoms with E-state index in [0.717, 1.165) is 60.4 Å². The number of amides is 2. The Balaban J connectivity index is 0.992. The van der Waals surface area contributed by atoms with E-state index >= 15 is 0 Å². The molecule has 5 aromatic carbocycles. The molecule has 0 aromatic heterocycles. The zero-order valence-electron chi connectivity index (χ0n) is 34.0. The summed E-state index contributed by atoms with van der Waals surface area (Å²) in [5.74, 6) is -0.0472. The maximum atomic E-state index is 13.4. The molecule has 1 heterocycles. The van der Waals surface area contributed by atoms with E-state index in [0.29, 0.717) is 42.6 Å². The fourth-order valence-corrected chi connectivity index (χ4v) is 9.57. The van der Waals surface area contributed by atoms with E-state index in [9.17, 15) is 14.4 Å². The van der Waals surface area contributed by atoms with Gasteiger partial charge in [-0.05, 0) is 85.5 Å². The summed E-state index contributed by atoms with van der Waals surface area (Å²) in [6, 6.07) is 45.4. The predicted octanol–water partition coefficient (Wildman–Crippen LogP) is 6.79. The summed E-state index contributed by atoms with van der Waals surface area (Å²) in [5, 5.41) is 11.0. The van der Waals surface area contributed by atoms with Crippen LogP contribution in [0.5, 0.6) is 0 Å². The highest BCUT2D eigenvalue weighted by molar-refractivity contribution is 7.80. The highest BCUT2D eigenvalue weighted by Crippen LogP contribution is 2.41. The van der Waals surface area contributed by atoms with Gasteiger partial charge in [-0.15, -0.1) is 0 Å². The lowest BCUT2D eigenvalue weighted by Gasteiger charge is -2.22. The maximum Gasteiger partial charge on any atom is 0.338 e. The molecule has 298 valence electrons. The molecule has 0 fully saturated rings. The van der Waals surface area contributed by atoms with Crippen LogP contribution in [0.4, 0.5) is 5.69 Å². The van der Waals surface area contributed by atoms with Crippen LogP contribution in [0.2, 0.25) is 0 Å². The lowest BCUT2D eigenvalue weighted by molar-refractivity contribution is 0.0601. The first-order valence-corrected chi connectivity index (χ1v) is 20.9. The third-order valence-corrected chi connectivity index (χ3v) is 12.7. The number of anilines is 1. The Morgan fingerprint density at radius 1 is 0.695 bits per heavy atom. The Bertz CT molecular complexity index is 2620. The van der Waals surface area contributed by atoms with Crippen LogP contribution in [-0.2, 0) is 4.74 Å². The molecule has 0 spiro atoms. The Kier molecular flexibility index (Phi) is 12.6. The quantitative estimate of drug-likeness (QED) is 0.0438. The summed E-state index contributed by atoms with van der Waals surface area (Å²) >= 11 is 0. The third-order valence-electron chi connectivity index (χ3n) is 10.3. The number of hydrogen-bond acceptors (Lipinski definition) is 6. The summed E-state index contributed by atoms with van der Waals surface area (Å²) in [4.78, 5) is 41.6. The molecule has 7 rings (SSSR count). The Morgan fingerprint density at radius 3 is 1.90 bits per heavy atom. The molecule has 0 atom stereocenters. The van der Waals surface area contributed by atoms with E-state index in [2.05, 4.69) is 56.5 Å². The minimum Gasteiger partial charge on any atom is -0.465 e. The monoisotopic (exact) mass is 803 g/mol. The minimum absolute atomic E-state index is 0.156. The van der Waals surface area contributed by atoms with Gasteiger partial charge >= 0.3 is 5.97 Å². The van der Waals surface area contributed by atoms with Gasteiger partial charge in [0.1, 0.15) is 25.4 Å². The van der Waals surface area contributed by atoms with Gasteiger partial charge in [-0.3, -0.25) is 9.59 Å². The number of unbranched alkanes of at least 4 members (excludes halogenated alkanes) is 1. The molecule has 5 aromatic rings. The molecule has 2 N–H and O–H groups in total. The number of nitrogens with one attached hydrogen (secondary N) is 2. The number of nitrogens with zero attached hydrogens (tertiary/aromatic N) is 2. The number of rotatable bonds is 13. The van der Waals surface area contributed by atoms with Gasteiger partial charge in [0, 0.05) is 77.9 Å². The number of benzene rings is 6. The molecule has 2 amide bonds. The predicted molar refractivity (Wildman–Crippen MR) is 240 cm³/mol. The normalized spacial score (nSPS) is 11.1. The molecule has 2 aliphatic rings. The number of methoxy groups -OCH3 is 1. The van der Waals surface area contributed by atoms with Gasteiger partial charge in [0.25, 0.3) is 11.8 Å². The second-order valence-electron chi connectivity index (χ2n) is 14.7.